The molecule has 154 valence electrons. The molecule has 7 heteroatoms. The second-order valence-corrected chi connectivity index (χ2v) is 8.45. The molecule has 1 aromatic rings. The number of amidine groups is 1. The van der Waals surface area contributed by atoms with Crippen LogP contribution in [0, 0.1) is 17.2 Å². The SMILES string of the molecule is CN1Cc2ccc(NC3N=CCC(C4=CC(C#N)C(N5CCCC5)=NC4)=N3)cc2C1. The molecule has 1 fully saturated rings. The van der Waals surface area contributed by atoms with Gasteiger partial charge < -0.3 is 10.2 Å². The summed E-state index contributed by atoms with van der Waals surface area (Å²) in [5, 5.41) is 13.1. The molecule has 4 heterocycles. The van der Waals surface area contributed by atoms with Gasteiger partial charge >= 0.3 is 0 Å². The van der Waals surface area contributed by atoms with Crippen LogP contribution in [0.25, 0.3) is 0 Å². The minimum atomic E-state index is -0.337. The number of fused-ring (bicyclic) bond motifs is 1. The first-order valence-electron chi connectivity index (χ1n) is 10.7. The van der Waals surface area contributed by atoms with Crippen molar-refractivity contribution in [1.82, 2.24) is 9.80 Å². The van der Waals surface area contributed by atoms with E-state index in [1.807, 2.05) is 6.21 Å². The first-order valence-corrected chi connectivity index (χ1v) is 10.7. The quantitative estimate of drug-likeness (QED) is 0.845. The smallest absolute Gasteiger partial charge is 0.213 e. The maximum absolute atomic E-state index is 9.70. The number of aliphatic imine (C=N–C) groups is 3. The van der Waals surface area contributed by atoms with Crippen molar-refractivity contribution in [2.24, 2.45) is 20.9 Å². The van der Waals surface area contributed by atoms with Crippen molar-refractivity contribution in [2.75, 3.05) is 32.0 Å². The van der Waals surface area contributed by atoms with Crippen molar-refractivity contribution >= 4 is 23.4 Å². The van der Waals surface area contributed by atoms with Gasteiger partial charge in [-0.25, -0.2) is 4.99 Å². The number of nitriles is 1. The van der Waals surface area contributed by atoms with E-state index in [-0.39, 0.29) is 12.2 Å². The van der Waals surface area contributed by atoms with Gasteiger partial charge in [0, 0.05) is 50.2 Å². The van der Waals surface area contributed by atoms with Gasteiger partial charge in [0.15, 0.2) is 0 Å². The van der Waals surface area contributed by atoms with Gasteiger partial charge in [0.2, 0.25) is 6.29 Å². The lowest BCUT2D eigenvalue weighted by Gasteiger charge is -2.27. The summed E-state index contributed by atoms with van der Waals surface area (Å²) in [7, 11) is 2.14. The summed E-state index contributed by atoms with van der Waals surface area (Å²) in [5.41, 5.74) is 5.83. The number of benzene rings is 1. The summed E-state index contributed by atoms with van der Waals surface area (Å²) in [6.07, 6.45) is 6.69. The van der Waals surface area contributed by atoms with Crippen molar-refractivity contribution in [3.63, 3.8) is 0 Å². The summed E-state index contributed by atoms with van der Waals surface area (Å²) >= 11 is 0. The fraction of sp³-hybridized carbons (Fsp3) is 0.478. The highest BCUT2D eigenvalue weighted by Gasteiger charge is 2.27. The van der Waals surface area contributed by atoms with E-state index in [0.29, 0.717) is 13.0 Å². The molecule has 0 spiro atoms. The van der Waals surface area contributed by atoms with E-state index in [4.69, 9.17) is 9.98 Å². The molecule has 4 aliphatic rings. The van der Waals surface area contributed by atoms with E-state index >= 15 is 0 Å². The third kappa shape index (κ3) is 3.75. The third-order valence-electron chi connectivity index (χ3n) is 6.19. The molecule has 0 aromatic heterocycles. The second-order valence-electron chi connectivity index (χ2n) is 8.45. The predicted octanol–water partition coefficient (Wildman–Crippen LogP) is 2.82. The zero-order chi connectivity index (χ0) is 20.5. The molecule has 7 nitrogen and oxygen atoms in total. The lowest BCUT2D eigenvalue weighted by Crippen LogP contribution is -2.36. The van der Waals surface area contributed by atoms with Crippen molar-refractivity contribution < 1.29 is 0 Å². The summed E-state index contributed by atoms with van der Waals surface area (Å²) in [5.74, 6) is 0.648. The monoisotopic (exact) mass is 401 g/mol. The second kappa shape index (κ2) is 8.04. The van der Waals surface area contributed by atoms with Crippen LogP contribution in [-0.4, -0.2) is 60.5 Å². The highest BCUT2D eigenvalue weighted by molar-refractivity contribution is 6.09. The van der Waals surface area contributed by atoms with Crippen molar-refractivity contribution in [3.05, 3.63) is 41.0 Å². The molecule has 0 radical (unpaired) electrons. The maximum atomic E-state index is 9.70. The number of dihydropyridines is 1. The number of nitrogens with one attached hydrogen (secondary N) is 1. The van der Waals surface area contributed by atoms with Crippen molar-refractivity contribution in [2.45, 2.75) is 38.6 Å². The van der Waals surface area contributed by atoms with Crippen LogP contribution >= 0.6 is 0 Å². The molecule has 1 N–H and O–H groups in total. The Morgan fingerprint density at radius 2 is 2.00 bits per heavy atom. The van der Waals surface area contributed by atoms with Crippen LogP contribution in [0.1, 0.15) is 30.4 Å². The Hall–Kier alpha value is -2.98. The van der Waals surface area contributed by atoms with E-state index in [9.17, 15) is 5.26 Å². The van der Waals surface area contributed by atoms with Gasteiger partial charge in [0.25, 0.3) is 0 Å². The van der Waals surface area contributed by atoms with Crippen molar-refractivity contribution in [3.8, 4) is 6.07 Å². The molecule has 2 atom stereocenters. The molecular weight excluding hydrogens is 374 g/mol. The molecule has 2 unspecified atom stereocenters. The van der Waals surface area contributed by atoms with Gasteiger partial charge in [-0.15, -0.1) is 0 Å². The van der Waals surface area contributed by atoms with E-state index in [1.54, 1.807) is 0 Å². The Labute approximate surface area is 177 Å². The predicted molar refractivity (Wildman–Crippen MR) is 120 cm³/mol. The van der Waals surface area contributed by atoms with Crippen LogP contribution < -0.4 is 5.32 Å². The highest BCUT2D eigenvalue weighted by atomic mass is 15.2. The van der Waals surface area contributed by atoms with Crippen LogP contribution in [0.4, 0.5) is 5.69 Å². The minimum Gasteiger partial charge on any atom is -0.359 e. The molecule has 0 saturated carbocycles. The van der Waals surface area contributed by atoms with Gasteiger partial charge in [0.05, 0.1) is 12.6 Å². The Morgan fingerprint density at radius 3 is 2.83 bits per heavy atom. The Morgan fingerprint density at radius 1 is 1.17 bits per heavy atom. The zero-order valence-electron chi connectivity index (χ0n) is 17.4. The average Bonchev–Trinajstić information content (AvgIpc) is 3.42. The first-order chi connectivity index (χ1) is 14.7. The summed E-state index contributed by atoms with van der Waals surface area (Å²) in [6.45, 7) is 4.60. The third-order valence-corrected chi connectivity index (χ3v) is 6.19. The van der Waals surface area contributed by atoms with Gasteiger partial charge in [-0.3, -0.25) is 14.9 Å². The fourth-order valence-corrected chi connectivity index (χ4v) is 4.68. The standard InChI is InChI=1S/C23H27N7/c1-29-14-16-4-5-20(11-19(16)15-29)27-23-25-7-6-21(28-23)18-10-17(12-24)22(26-13-18)30-8-2-3-9-30/h4-5,7,10-11,17,23,27H,2-3,6,8-9,13-15H2,1H3. The van der Waals surface area contributed by atoms with E-state index in [1.165, 1.54) is 24.0 Å². The molecular formula is C23H27N7. The lowest BCUT2D eigenvalue weighted by molar-refractivity contribution is 0.353. The molecule has 4 aliphatic heterocycles. The van der Waals surface area contributed by atoms with E-state index in [2.05, 4.69) is 57.5 Å². The zero-order valence-corrected chi connectivity index (χ0v) is 17.4. The van der Waals surface area contributed by atoms with Crippen LogP contribution in [0.5, 0.6) is 0 Å². The number of anilines is 1. The summed E-state index contributed by atoms with van der Waals surface area (Å²) in [4.78, 5) is 18.7. The van der Waals surface area contributed by atoms with Crippen LogP contribution in [0.15, 0.2) is 44.8 Å². The minimum absolute atomic E-state index is 0.284. The van der Waals surface area contributed by atoms with E-state index in [0.717, 1.165) is 49.0 Å². The number of nitrogens with zero attached hydrogens (tertiary/aromatic N) is 6. The van der Waals surface area contributed by atoms with Crippen LogP contribution in [-0.2, 0) is 13.1 Å². The summed E-state index contributed by atoms with van der Waals surface area (Å²) in [6, 6.07) is 8.92. The molecule has 1 saturated heterocycles. The van der Waals surface area contributed by atoms with E-state index < -0.39 is 0 Å². The van der Waals surface area contributed by atoms with Crippen LogP contribution in [0.3, 0.4) is 0 Å². The Balaban J connectivity index is 1.30. The van der Waals surface area contributed by atoms with Gasteiger partial charge in [-0.05, 0) is 48.7 Å². The van der Waals surface area contributed by atoms with Crippen LogP contribution in [0.2, 0.25) is 0 Å². The molecule has 0 bridgehead atoms. The maximum Gasteiger partial charge on any atom is 0.213 e. The lowest BCUT2D eigenvalue weighted by atomic mass is 9.97. The number of rotatable bonds is 3. The molecule has 0 aliphatic carbocycles. The normalized spacial score (nSPS) is 26.0. The summed E-state index contributed by atoms with van der Waals surface area (Å²) < 4.78 is 0. The van der Waals surface area contributed by atoms with Gasteiger partial charge in [-0.1, -0.05) is 12.1 Å². The number of likely N-dealkylation sites (tertiary alicyclic amines) is 1. The molecule has 5 rings (SSSR count). The highest BCUT2D eigenvalue weighted by Crippen LogP contribution is 2.26. The van der Waals surface area contributed by atoms with Crippen molar-refractivity contribution in [1.29, 1.82) is 5.26 Å². The van der Waals surface area contributed by atoms with Gasteiger partial charge in [0.1, 0.15) is 11.8 Å². The Bertz CT molecular complexity index is 991. The molecule has 1 aromatic carbocycles. The topological polar surface area (TPSA) is 79.4 Å². The molecule has 30 heavy (non-hydrogen) atoms. The average molecular weight is 402 g/mol. The fourth-order valence-electron chi connectivity index (χ4n) is 4.68. The molecule has 0 amide bonds. The largest absolute Gasteiger partial charge is 0.359 e. The number of hydrogen-bond acceptors (Lipinski definition) is 7. The number of hydrogen-bond donors (Lipinski definition) is 1. The Kier molecular flexibility index (Phi) is 5.09. The van der Waals surface area contributed by atoms with Gasteiger partial charge in [-0.2, -0.15) is 5.26 Å². The first kappa shape index (κ1) is 19.0.